The molecule has 9 nitrogen and oxygen atoms in total. The smallest absolute Gasteiger partial charge is 0.341 e. The molecule has 1 aliphatic heterocycles. The summed E-state index contributed by atoms with van der Waals surface area (Å²) in [6, 6.07) is 1.18. The number of benzene rings is 1. The summed E-state index contributed by atoms with van der Waals surface area (Å²) < 4.78 is 28.8. The molecule has 10 heteroatoms. The first kappa shape index (κ1) is 28.6. The molecule has 1 saturated heterocycles. The highest BCUT2D eigenvalue weighted by atomic mass is 19.1. The average Bonchev–Trinajstić information content (AvgIpc) is 3.62. The quantitative estimate of drug-likeness (QED) is 0.464. The van der Waals surface area contributed by atoms with Gasteiger partial charge in [-0.05, 0) is 38.3 Å². The van der Waals surface area contributed by atoms with Crippen LogP contribution in [0.2, 0.25) is 0 Å². The van der Waals surface area contributed by atoms with E-state index in [1.165, 1.54) is 6.20 Å². The van der Waals surface area contributed by atoms with E-state index in [4.69, 9.17) is 9.47 Å². The number of carbonyl (C=O) groups is 3. The molecule has 2 aromatic rings. The summed E-state index contributed by atoms with van der Waals surface area (Å²) in [5.41, 5.74) is 0.278. The summed E-state index contributed by atoms with van der Waals surface area (Å²) in [6.07, 6.45) is 2.56. The molecule has 1 aromatic heterocycles. The number of aromatic carboxylic acids is 1. The molecule has 0 spiro atoms. The van der Waals surface area contributed by atoms with Gasteiger partial charge in [0, 0.05) is 42.6 Å². The fourth-order valence-corrected chi connectivity index (χ4v) is 5.40. The van der Waals surface area contributed by atoms with Crippen molar-refractivity contribution >= 4 is 34.5 Å². The summed E-state index contributed by atoms with van der Waals surface area (Å²) in [4.78, 5) is 51.1. The van der Waals surface area contributed by atoms with Gasteiger partial charge in [0.1, 0.15) is 17.5 Å². The number of aryl methyl sites for hydroxylation is 1. The SMILES string of the molecule is Cc1c(N2C[C@@H](COC(=O)C(C)C)[C@@H](C(C)OC(=O)C(C)C)C2)c(F)cc2c(=O)c(C(=O)O)cn(C3CC3)c12. The molecule has 2 heterocycles. The maximum absolute atomic E-state index is 15.8. The normalized spacial score (nSPS) is 20.1. The van der Waals surface area contributed by atoms with E-state index >= 15 is 4.39 Å². The van der Waals surface area contributed by atoms with Crippen molar-refractivity contribution in [1.29, 1.82) is 0 Å². The van der Waals surface area contributed by atoms with Crippen molar-refractivity contribution in [3.05, 3.63) is 39.4 Å². The number of hydrogen-bond acceptors (Lipinski definition) is 7. The maximum Gasteiger partial charge on any atom is 0.341 e. The predicted octanol–water partition coefficient (Wildman–Crippen LogP) is 4.32. The van der Waals surface area contributed by atoms with Crippen LogP contribution < -0.4 is 10.3 Å². The molecule has 1 N–H and O–H groups in total. The minimum absolute atomic E-state index is 0.0398. The molecule has 212 valence electrons. The Morgan fingerprint density at radius 1 is 1.08 bits per heavy atom. The van der Waals surface area contributed by atoms with Gasteiger partial charge in [0.25, 0.3) is 0 Å². The second kappa shape index (κ2) is 11.0. The van der Waals surface area contributed by atoms with E-state index < -0.39 is 23.3 Å². The molecule has 1 aromatic carbocycles. The number of carboxylic acids is 1. The van der Waals surface area contributed by atoms with Crippen molar-refractivity contribution in [2.45, 2.75) is 66.5 Å². The van der Waals surface area contributed by atoms with E-state index in [0.717, 1.165) is 18.9 Å². The highest BCUT2D eigenvalue weighted by Crippen LogP contribution is 2.41. The highest BCUT2D eigenvalue weighted by molar-refractivity contribution is 5.95. The minimum Gasteiger partial charge on any atom is -0.477 e. The lowest BCUT2D eigenvalue weighted by atomic mass is 9.92. The zero-order chi connectivity index (χ0) is 28.8. The molecule has 4 rings (SSSR count). The number of nitrogens with zero attached hydrogens (tertiary/aromatic N) is 2. The van der Waals surface area contributed by atoms with E-state index in [1.807, 2.05) is 4.90 Å². The Bertz CT molecular complexity index is 1360. The van der Waals surface area contributed by atoms with Gasteiger partial charge >= 0.3 is 17.9 Å². The number of anilines is 1. The first-order chi connectivity index (χ1) is 18.3. The summed E-state index contributed by atoms with van der Waals surface area (Å²) in [5.74, 6) is -3.72. The van der Waals surface area contributed by atoms with Crippen LogP contribution in [0.5, 0.6) is 0 Å². The number of rotatable bonds is 9. The first-order valence-corrected chi connectivity index (χ1v) is 13.5. The molecule has 3 atom stereocenters. The number of carbonyl (C=O) groups excluding carboxylic acids is 2. The van der Waals surface area contributed by atoms with Crippen molar-refractivity contribution in [3.8, 4) is 0 Å². The Morgan fingerprint density at radius 2 is 1.72 bits per heavy atom. The third-order valence-electron chi connectivity index (χ3n) is 7.74. The number of esters is 2. The minimum atomic E-state index is -1.34. The number of aromatic nitrogens is 1. The van der Waals surface area contributed by atoms with Crippen LogP contribution in [0, 0.1) is 36.4 Å². The number of carboxylic acid groups (broad SMARTS) is 1. The largest absolute Gasteiger partial charge is 0.477 e. The molecule has 39 heavy (non-hydrogen) atoms. The molecule has 1 unspecified atom stereocenters. The fraction of sp³-hybridized carbons (Fsp3) is 0.586. The Kier molecular flexibility index (Phi) is 8.04. The molecular formula is C29H37FN2O7. The zero-order valence-corrected chi connectivity index (χ0v) is 23.3. The Hall–Kier alpha value is -3.43. The second-order valence-corrected chi connectivity index (χ2v) is 11.5. The lowest BCUT2D eigenvalue weighted by Gasteiger charge is -2.26. The molecular weight excluding hydrogens is 507 g/mol. The average molecular weight is 545 g/mol. The van der Waals surface area contributed by atoms with E-state index in [-0.39, 0.29) is 59.2 Å². The fourth-order valence-electron chi connectivity index (χ4n) is 5.40. The van der Waals surface area contributed by atoms with Crippen molar-refractivity contribution in [2.24, 2.45) is 23.7 Å². The maximum atomic E-state index is 15.8. The Morgan fingerprint density at radius 3 is 2.28 bits per heavy atom. The van der Waals surface area contributed by atoms with Gasteiger partial charge in [-0.2, -0.15) is 0 Å². The highest BCUT2D eigenvalue weighted by Gasteiger charge is 2.41. The van der Waals surface area contributed by atoms with Crippen molar-refractivity contribution < 1.29 is 33.4 Å². The van der Waals surface area contributed by atoms with Gasteiger partial charge in [-0.1, -0.05) is 27.7 Å². The number of pyridine rings is 1. The summed E-state index contributed by atoms with van der Waals surface area (Å²) >= 11 is 0. The molecule has 0 radical (unpaired) electrons. The molecule has 2 fully saturated rings. The predicted molar refractivity (Wildman–Crippen MR) is 144 cm³/mol. The van der Waals surface area contributed by atoms with Gasteiger partial charge in [0.15, 0.2) is 0 Å². The van der Waals surface area contributed by atoms with E-state index in [2.05, 4.69) is 0 Å². The number of ether oxygens (including phenoxy) is 2. The molecule has 2 aliphatic rings. The number of fused-ring (bicyclic) bond motifs is 1. The van der Waals surface area contributed by atoms with Gasteiger partial charge in [-0.25, -0.2) is 9.18 Å². The molecule has 1 aliphatic carbocycles. The van der Waals surface area contributed by atoms with Gasteiger partial charge in [0.2, 0.25) is 5.43 Å². The van der Waals surface area contributed by atoms with Crippen LogP contribution in [-0.2, 0) is 19.1 Å². The van der Waals surface area contributed by atoms with E-state index in [9.17, 15) is 24.3 Å². The van der Waals surface area contributed by atoms with Crippen LogP contribution in [0.4, 0.5) is 10.1 Å². The number of halogens is 1. The topological polar surface area (TPSA) is 115 Å². The van der Waals surface area contributed by atoms with E-state index in [1.54, 1.807) is 46.1 Å². The van der Waals surface area contributed by atoms with Gasteiger partial charge in [-0.15, -0.1) is 0 Å². The van der Waals surface area contributed by atoms with Crippen molar-refractivity contribution in [1.82, 2.24) is 4.57 Å². The first-order valence-electron chi connectivity index (χ1n) is 13.5. The standard InChI is InChI=1S/C29H37FN2O7/c1-14(2)28(36)38-13-18-10-31(11-21(18)17(6)39-29(37)15(3)4)25-16(5)24-20(9-23(25)30)26(33)22(27(34)35)12-32(24)19-7-8-19/h9,12,14-15,17-19,21H,7-8,10-11,13H2,1-6H3,(H,34,35)/t17?,18-,21+/m0/s1. The monoisotopic (exact) mass is 544 g/mol. The molecule has 0 bridgehead atoms. The zero-order valence-electron chi connectivity index (χ0n) is 23.3. The van der Waals surface area contributed by atoms with Crippen molar-refractivity contribution in [3.63, 3.8) is 0 Å². The summed E-state index contributed by atoms with van der Waals surface area (Å²) in [5, 5.41) is 9.60. The third-order valence-corrected chi connectivity index (χ3v) is 7.74. The van der Waals surface area contributed by atoms with Gasteiger partial charge in [-0.3, -0.25) is 14.4 Å². The lowest BCUT2D eigenvalue weighted by Crippen LogP contribution is -2.33. The van der Waals surface area contributed by atoms with Crippen LogP contribution in [-0.4, -0.2) is 53.4 Å². The Balaban J connectivity index is 1.75. The lowest BCUT2D eigenvalue weighted by molar-refractivity contribution is -0.157. The second-order valence-electron chi connectivity index (χ2n) is 11.5. The van der Waals surface area contributed by atoms with Crippen LogP contribution >= 0.6 is 0 Å². The summed E-state index contributed by atoms with van der Waals surface area (Å²) in [6.45, 7) is 11.3. The Labute approximate surface area is 226 Å². The van der Waals surface area contributed by atoms with Crippen LogP contribution in [0.25, 0.3) is 10.9 Å². The number of hydrogen-bond donors (Lipinski definition) is 1. The van der Waals surface area contributed by atoms with Crippen LogP contribution in [0.1, 0.15) is 69.4 Å². The van der Waals surface area contributed by atoms with Gasteiger partial charge in [0.05, 0.1) is 29.6 Å². The third kappa shape index (κ3) is 5.65. The van der Waals surface area contributed by atoms with E-state index in [0.29, 0.717) is 29.9 Å². The van der Waals surface area contributed by atoms with Gasteiger partial charge < -0.3 is 24.0 Å². The van der Waals surface area contributed by atoms with Crippen LogP contribution in [0.15, 0.2) is 17.1 Å². The molecule has 1 saturated carbocycles. The van der Waals surface area contributed by atoms with Crippen LogP contribution in [0.3, 0.4) is 0 Å². The van der Waals surface area contributed by atoms with Crippen molar-refractivity contribution in [2.75, 3.05) is 24.6 Å². The molecule has 0 amide bonds. The summed E-state index contributed by atoms with van der Waals surface area (Å²) in [7, 11) is 0.